The van der Waals surface area contributed by atoms with Gasteiger partial charge in [-0.15, -0.1) is 0 Å². The van der Waals surface area contributed by atoms with Crippen molar-refractivity contribution in [2.75, 3.05) is 13.4 Å². The van der Waals surface area contributed by atoms with Gasteiger partial charge in [-0.1, -0.05) is 0 Å². The molecule has 1 fully saturated rings. The van der Waals surface area contributed by atoms with Crippen LogP contribution in [-0.4, -0.2) is 57.7 Å². The molecule has 9 heteroatoms. The summed E-state index contributed by atoms with van der Waals surface area (Å²) in [5.41, 5.74) is 0.591. The number of aromatic nitrogens is 2. The van der Waals surface area contributed by atoms with Crippen molar-refractivity contribution in [2.24, 2.45) is 0 Å². The van der Waals surface area contributed by atoms with E-state index in [4.69, 9.17) is 14.9 Å². The molecule has 0 amide bonds. The Kier molecular flexibility index (Phi) is 7.33. The van der Waals surface area contributed by atoms with Gasteiger partial charge in [0.15, 0.2) is 6.10 Å². The Hall–Kier alpha value is -2.00. The number of imidazole rings is 1. The summed E-state index contributed by atoms with van der Waals surface area (Å²) in [4.78, 5) is 27.2. The standard InChI is InChI=1S/C7H10FN3O2.C5H8O3/c8-3-10-6(7(12)13)1-5-2-9-4-11-5;6-5(7)4-2-1-3-8-4/h2,4,6,10H,1,3H2,(H,9,11)(H,12,13);4H,1-3H2,(H,6,7)/t6-;/m0./s1. The third-order valence-electron chi connectivity index (χ3n) is 2.79. The lowest BCUT2D eigenvalue weighted by atomic mass is 10.2. The molecule has 1 aromatic rings. The second kappa shape index (κ2) is 9.03. The number of carboxylic acids is 2. The Morgan fingerprint density at radius 2 is 2.33 bits per heavy atom. The summed E-state index contributed by atoms with van der Waals surface area (Å²) >= 11 is 0. The first-order valence-corrected chi connectivity index (χ1v) is 6.38. The lowest BCUT2D eigenvalue weighted by Gasteiger charge is -2.09. The maximum atomic E-state index is 11.8. The van der Waals surface area contributed by atoms with Gasteiger partial charge in [0.1, 0.15) is 12.8 Å². The Morgan fingerprint density at radius 3 is 2.71 bits per heavy atom. The normalized spacial score (nSPS) is 18.6. The molecule has 2 rings (SSSR count). The van der Waals surface area contributed by atoms with Crippen LogP contribution in [0.4, 0.5) is 4.39 Å². The van der Waals surface area contributed by atoms with Crippen LogP contribution in [0.5, 0.6) is 0 Å². The van der Waals surface area contributed by atoms with Gasteiger partial charge in [0, 0.05) is 19.2 Å². The number of H-pyrrole nitrogens is 1. The topological polar surface area (TPSA) is 125 Å². The van der Waals surface area contributed by atoms with Gasteiger partial charge < -0.3 is 19.9 Å². The van der Waals surface area contributed by atoms with Crippen molar-refractivity contribution in [3.8, 4) is 0 Å². The molecule has 1 aliphatic heterocycles. The number of nitrogens with one attached hydrogen (secondary N) is 2. The number of rotatable bonds is 6. The van der Waals surface area contributed by atoms with E-state index < -0.39 is 30.9 Å². The van der Waals surface area contributed by atoms with Gasteiger partial charge >= 0.3 is 11.9 Å². The predicted molar refractivity (Wildman–Crippen MR) is 69.4 cm³/mol. The zero-order valence-electron chi connectivity index (χ0n) is 11.3. The number of aromatic amines is 1. The zero-order valence-corrected chi connectivity index (χ0v) is 11.3. The van der Waals surface area contributed by atoms with E-state index in [1.165, 1.54) is 6.33 Å². The average Bonchev–Trinajstić information content (AvgIpc) is 3.12. The quantitative estimate of drug-likeness (QED) is 0.552. The van der Waals surface area contributed by atoms with Crippen molar-refractivity contribution >= 4 is 11.9 Å². The van der Waals surface area contributed by atoms with Crippen LogP contribution in [-0.2, 0) is 20.7 Å². The minimum absolute atomic E-state index is 0.169. The summed E-state index contributed by atoms with van der Waals surface area (Å²) in [7, 11) is 0. The van der Waals surface area contributed by atoms with Crippen molar-refractivity contribution in [1.82, 2.24) is 15.3 Å². The number of nitrogens with zero attached hydrogens (tertiary/aromatic N) is 1. The van der Waals surface area contributed by atoms with Crippen LogP contribution in [0.15, 0.2) is 12.5 Å². The molecule has 8 nitrogen and oxygen atoms in total. The Morgan fingerprint density at radius 1 is 1.57 bits per heavy atom. The molecule has 21 heavy (non-hydrogen) atoms. The maximum Gasteiger partial charge on any atom is 0.332 e. The van der Waals surface area contributed by atoms with E-state index in [-0.39, 0.29) is 6.42 Å². The highest BCUT2D eigenvalue weighted by Gasteiger charge is 2.22. The van der Waals surface area contributed by atoms with Crippen LogP contribution in [0.3, 0.4) is 0 Å². The molecule has 0 aliphatic carbocycles. The number of hydrogen-bond donors (Lipinski definition) is 4. The summed E-state index contributed by atoms with van der Waals surface area (Å²) in [5.74, 6) is -1.91. The van der Waals surface area contributed by atoms with E-state index in [0.29, 0.717) is 18.7 Å². The molecular formula is C12H18FN3O5. The molecule has 0 saturated carbocycles. The highest BCUT2D eigenvalue weighted by Crippen LogP contribution is 2.10. The summed E-state index contributed by atoms with van der Waals surface area (Å²) in [6, 6.07) is -0.923. The minimum Gasteiger partial charge on any atom is -0.480 e. The van der Waals surface area contributed by atoms with Crippen LogP contribution in [0.25, 0.3) is 0 Å². The summed E-state index contributed by atoms with van der Waals surface area (Å²) in [6.45, 7) is -0.252. The predicted octanol–water partition coefficient (Wildman–Crippen LogP) is 0.172. The molecule has 1 aliphatic rings. The van der Waals surface area contributed by atoms with Crippen LogP contribution < -0.4 is 5.32 Å². The third-order valence-corrected chi connectivity index (χ3v) is 2.79. The highest BCUT2D eigenvalue weighted by molar-refractivity contribution is 5.73. The van der Waals surface area contributed by atoms with Crippen LogP contribution in [0, 0.1) is 0 Å². The van der Waals surface area contributed by atoms with E-state index in [1.54, 1.807) is 6.20 Å². The van der Waals surface area contributed by atoms with Crippen molar-refractivity contribution in [2.45, 2.75) is 31.4 Å². The first-order valence-electron chi connectivity index (χ1n) is 6.38. The van der Waals surface area contributed by atoms with E-state index in [9.17, 15) is 14.0 Å². The Labute approximate surface area is 120 Å². The molecule has 2 atom stereocenters. The number of carboxylic acid groups (broad SMARTS) is 2. The molecule has 2 heterocycles. The van der Waals surface area contributed by atoms with Gasteiger partial charge in [-0.25, -0.2) is 14.2 Å². The van der Waals surface area contributed by atoms with Crippen LogP contribution in [0.2, 0.25) is 0 Å². The van der Waals surface area contributed by atoms with Gasteiger partial charge in [-0.05, 0) is 12.8 Å². The SMILES string of the molecule is O=C(O)C1CCCO1.O=C(O)[C@H](Cc1c[nH]cn1)NCF. The fourth-order valence-electron chi connectivity index (χ4n) is 1.72. The van der Waals surface area contributed by atoms with E-state index in [0.717, 1.165) is 6.42 Å². The Balaban J connectivity index is 0.000000235. The molecule has 1 unspecified atom stereocenters. The maximum absolute atomic E-state index is 11.8. The average molecular weight is 303 g/mol. The van der Waals surface area contributed by atoms with Crippen molar-refractivity contribution in [3.05, 3.63) is 18.2 Å². The number of carbonyl (C=O) groups is 2. The van der Waals surface area contributed by atoms with Crippen LogP contribution >= 0.6 is 0 Å². The van der Waals surface area contributed by atoms with Crippen molar-refractivity contribution in [1.29, 1.82) is 0 Å². The van der Waals surface area contributed by atoms with Crippen molar-refractivity contribution < 1.29 is 28.9 Å². The lowest BCUT2D eigenvalue weighted by Crippen LogP contribution is -2.38. The molecule has 118 valence electrons. The lowest BCUT2D eigenvalue weighted by molar-refractivity contribution is -0.147. The summed E-state index contributed by atoms with van der Waals surface area (Å²) in [5, 5.41) is 19.1. The van der Waals surface area contributed by atoms with E-state index in [2.05, 4.69) is 15.3 Å². The summed E-state index contributed by atoms with van der Waals surface area (Å²) in [6.07, 6.45) is 4.24. The van der Waals surface area contributed by atoms with Gasteiger partial charge in [0.2, 0.25) is 0 Å². The first-order chi connectivity index (χ1) is 10.0. The minimum atomic E-state index is -1.08. The number of ether oxygens (including phenoxy) is 1. The second-order valence-corrected chi connectivity index (χ2v) is 4.33. The third kappa shape index (κ3) is 6.32. The smallest absolute Gasteiger partial charge is 0.332 e. The fourth-order valence-corrected chi connectivity index (χ4v) is 1.72. The molecular weight excluding hydrogens is 285 g/mol. The van der Waals surface area contributed by atoms with Gasteiger partial charge in [0.25, 0.3) is 0 Å². The number of hydrogen-bond acceptors (Lipinski definition) is 5. The Bertz CT molecular complexity index is 434. The zero-order chi connectivity index (χ0) is 15.7. The molecule has 1 aromatic heterocycles. The molecule has 0 radical (unpaired) electrons. The monoisotopic (exact) mass is 303 g/mol. The molecule has 1 saturated heterocycles. The number of halogens is 1. The summed E-state index contributed by atoms with van der Waals surface area (Å²) < 4.78 is 16.6. The molecule has 4 N–H and O–H groups in total. The molecule has 0 bridgehead atoms. The van der Waals surface area contributed by atoms with Gasteiger partial charge in [0.05, 0.1) is 12.0 Å². The second-order valence-electron chi connectivity index (χ2n) is 4.33. The highest BCUT2D eigenvalue weighted by atomic mass is 19.1. The van der Waals surface area contributed by atoms with Gasteiger partial charge in [-0.2, -0.15) is 0 Å². The number of aliphatic carboxylic acids is 2. The number of alkyl halides is 1. The van der Waals surface area contributed by atoms with E-state index in [1.807, 2.05) is 0 Å². The van der Waals surface area contributed by atoms with E-state index >= 15 is 0 Å². The van der Waals surface area contributed by atoms with Crippen LogP contribution in [0.1, 0.15) is 18.5 Å². The largest absolute Gasteiger partial charge is 0.480 e. The van der Waals surface area contributed by atoms with Gasteiger partial charge in [-0.3, -0.25) is 10.1 Å². The molecule has 0 aromatic carbocycles. The van der Waals surface area contributed by atoms with Crippen molar-refractivity contribution in [3.63, 3.8) is 0 Å². The fraction of sp³-hybridized carbons (Fsp3) is 0.583. The first kappa shape index (κ1) is 17.1. The molecule has 0 spiro atoms.